The summed E-state index contributed by atoms with van der Waals surface area (Å²) in [5.41, 5.74) is 12.2. The van der Waals surface area contributed by atoms with Gasteiger partial charge in [-0.05, 0) is 44.4 Å². The second-order valence-corrected chi connectivity index (χ2v) is 6.86. The molecule has 1 aliphatic rings. The van der Waals surface area contributed by atoms with Crippen molar-refractivity contribution in [3.8, 4) is 28.0 Å². The number of carbonyl (C=O) groups is 1. The number of aromatic nitrogens is 1. The molecule has 0 fully saturated rings. The molecule has 4 rings (SSSR count). The second-order valence-electron chi connectivity index (χ2n) is 6.86. The molecule has 1 aromatic carbocycles. The van der Waals surface area contributed by atoms with Crippen molar-refractivity contribution in [1.29, 1.82) is 0 Å². The van der Waals surface area contributed by atoms with Gasteiger partial charge in [0.15, 0.2) is 0 Å². The number of aryl methyl sites for hydroxylation is 1. The molecule has 0 radical (unpaired) electrons. The van der Waals surface area contributed by atoms with E-state index in [-0.39, 0.29) is 11.5 Å². The minimum atomic E-state index is -0.502. The lowest BCUT2D eigenvalue weighted by Crippen LogP contribution is -2.02. The number of carbonyl (C=O) groups excluding carboxylic acids is 1. The van der Waals surface area contributed by atoms with Gasteiger partial charge < -0.3 is 24.6 Å². The number of anilines is 1. The van der Waals surface area contributed by atoms with Crippen LogP contribution in [0.2, 0.25) is 0 Å². The SMILES string of the molecule is COC(=O)c1oc(C)c(-c2c(-c3ccc(O)cc3)c3n(c2N)CCC3)c1C. The Balaban J connectivity index is 2.01. The van der Waals surface area contributed by atoms with Gasteiger partial charge in [-0.2, -0.15) is 0 Å². The maximum atomic E-state index is 12.1. The van der Waals surface area contributed by atoms with Crippen LogP contribution in [0, 0.1) is 13.8 Å². The van der Waals surface area contributed by atoms with E-state index >= 15 is 0 Å². The molecule has 3 aromatic rings. The molecule has 6 heteroatoms. The lowest BCUT2D eigenvalue weighted by atomic mass is 9.93. The predicted octanol–water partition coefficient (Wildman–Crippen LogP) is 4.05. The van der Waals surface area contributed by atoms with Gasteiger partial charge in [-0.3, -0.25) is 0 Å². The second kappa shape index (κ2) is 6.23. The number of methoxy groups -OCH3 is 1. The molecular formula is C21H22N2O4. The van der Waals surface area contributed by atoms with Crippen molar-refractivity contribution in [2.75, 3.05) is 12.8 Å². The molecule has 0 saturated carbocycles. The first kappa shape index (κ1) is 17.3. The highest BCUT2D eigenvalue weighted by molar-refractivity contribution is 5.98. The number of benzene rings is 1. The van der Waals surface area contributed by atoms with E-state index in [2.05, 4.69) is 4.57 Å². The highest BCUT2D eigenvalue weighted by atomic mass is 16.5. The maximum Gasteiger partial charge on any atom is 0.374 e. The summed E-state index contributed by atoms with van der Waals surface area (Å²) in [5, 5.41) is 9.67. The van der Waals surface area contributed by atoms with Crippen molar-refractivity contribution in [3.05, 3.63) is 47.0 Å². The number of nitrogens with zero attached hydrogens (tertiary/aromatic N) is 1. The summed E-state index contributed by atoms with van der Waals surface area (Å²) in [4.78, 5) is 12.1. The Kier molecular flexibility index (Phi) is 3.98. The minimum Gasteiger partial charge on any atom is -0.508 e. The van der Waals surface area contributed by atoms with Gasteiger partial charge >= 0.3 is 5.97 Å². The number of rotatable bonds is 3. The largest absolute Gasteiger partial charge is 0.508 e. The van der Waals surface area contributed by atoms with Gasteiger partial charge in [0.25, 0.3) is 0 Å². The van der Waals surface area contributed by atoms with Crippen molar-refractivity contribution >= 4 is 11.8 Å². The minimum absolute atomic E-state index is 0.201. The highest BCUT2D eigenvalue weighted by Gasteiger charge is 2.31. The quantitative estimate of drug-likeness (QED) is 0.682. The van der Waals surface area contributed by atoms with Gasteiger partial charge in [0.05, 0.1) is 7.11 Å². The molecule has 0 aliphatic carbocycles. The van der Waals surface area contributed by atoms with Crippen molar-refractivity contribution in [1.82, 2.24) is 4.57 Å². The number of aromatic hydroxyl groups is 1. The van der Waals surface area contributed by atoms with E-state index in [1.165, 1.54) is 12.8 Å². The summed E-state index contributed by atoms with van der Waals surface area (Å²) in [5.74, 6) is 1.22. The molecule has 0 bridgehead atoms. The van der Waals surface area contributed by atoms with Crippen LogP contribution in [-0.4, -0.2) is 22.8 Å². The molecule has 1 aliphatic heterocycles. The fourth-order valence-electron chi connectivity index (χ4n) is 4.11. The van der Waals surface area contributed by atoms with Crippen LogP contribution >= 0.6 is 0 Å². The normalized spacial score (nSPS) is 13.0. The first-order valence-corrected chi connectivity index (χ1v) is 8.93. The molecule has 3 N–H and O–H groups in total. The number of ether oxygens (including phenoxy) is 1. The zero-order valence-electron chi connectivity index (χ0n) is 15.6. The molecule has 140 valence electrons. The Morgan fingerprint density at radius 1 is 1.19 bits per heavy atom. The first-order chi connectivity index (χ1) is 12.9. The number of nitrogen functional groups attached to an aromatic ring is 1. The van der Waals surface area contributed by atoms with E-state index in [1.54, 1.807) is 12.1 Å². The van der Waals surface area contributed by atoms with Crippen LogP contribution in [0.4, 0.5) is 5.82 Å². The van der Waals surface area contributed by atoms with Gasteiger partial charge in [0.1, 0.15) is 17.3 Å². The Morgan fingerprint density at radius 3 is 2.56 bits per heavy atom. The number of fused-ring (bicyclic) bond motifs is 1. The monoisotopic (exact) mass is 366 g/mol. The number of esters is 1. The summed E-state index contributed by atoms with van der Waals surface area (Å²) in [6, 6.07) is 7.12. The fraction of sp³-hybridized carbons (Fsp3) is 0.286. The number of hydrogen-bond acceptors (Lipinski definition) is 5. The van der Waals surface area contributed by atoms with Crippen molar-refractivity contribution in [2.45, 2.75) is 33.2 Å². The molecule has 0 atom stereocenters. The van der Waals surface area contributed by atoms with Crippen LogP contribution in [0.5, 0.6) is 5.75 Å². The van der Waals surface area contributed by atoms with Gasteiger partial charge in [-0.1, -0.05) is 12.1 Å². The third-order valence-corrected chi connectivity index (χ3v) is 5.31. The van der Waals surface area contributed by atoms with E-state index < -0.39 is 5.97 Å². The Morgan fingerprint density at radius 2 is 1.89 bits per heavy atom. The molecule has 27 heavy (non-hydrogen) atoms. The number of furan rings is 1. The fourth-order valence-corrected chi connectivity index (χ4v) is 4.11. The van der Waals surface area contributed by atoms with Crippen molar-refractivity contribution in [2.24, 2.45) is 0 Å². The predicted molar refractivity (Wildman–Crippen MR) is 103 cm³/mol. The molecule has 0 spiro atoms. The van der Waals surface area contributed by atoms with Gasteiger partial charge in [-0.15, -0.1) is 0 Å². The highest BCUT2D eigenvalue weighted by Crippen LogP contribution is 2.47. The zero-order chi connectivity index (χ0) is 19.3. The van der Waals surface area contributed by atoms with Crippen LogP contribution in [0.15, 0.2) is 28.7 Å². The summed E-state index contributed by atoms with van der Waals surface area (Å²) in [7, 11) is 1.34. The zero-order valence-corrected chi connectivity index (χ0v) is 15.6. The standard InChI is InChI=1S/C21H22N2O4/c1-11-16(12(2)27-19(11)21(25)26-3)18-17(13-6-8-14(24)9-7-13)15-5-4-10-23(15)20(18)22/h6-9,24H,4-5,10,22H2,1-3H3. The maximum absolute atomic E-state index is 12.1. The Labute approximate surface area is 157 Å². The average molecular weight is 366 g/mol. The van der Waals surface area contributed by atoms with Crippen LogP contribution < -0.4 is 5.73 Å². The van der Waals surface area contributed by atoms with Crippen molar-refractivity contribution < 1.29 is 19.1 Å². The van der Waals surface area contributed by atoms with E-state index in [1.807, 2.05) is 26.0 Å². The van der Waals surface area contributed by atoms with Crippen LogP contribution in [0.25, 0.3) is 22.3 Å². The lowest BCUT2D eigenvalue weighted by molar-refractivity contribution is 0.0562. The van der Waals surface area contributed by atoms with Gasteiger partial charge in [-0.25, -0.2) is 4.79 Å². The average Bonchev–Trinajstić information content (AvgIpc) is 3.31. The van der Waals surface area contributed by atoms with E-state index in [0.29, 0.717) is 11.6 Å². The molecule has 0 saturated heterocycles. The first-order valence-electron chi connectivity index (χ1n) is 8.93. The smallest absolute Gasteiger partial charge is 0.374 e. The van der Waals surface area contributed by atoms with E-state index in [9.17, 15) is 9.90 Å². The van der Waals surface area contributed by atoms with Crippen molar-refractivity contribution in [3.63, 3.8) is 0 Å². The summed E-state index contributed by atoms with van der Waals surface area (Å²) >= 11 is 0. The third kappa shape index (κ3) is 2.51. The Bertz CT molecular complexity index is 1040. The summed E-state index contributed by atoms with van der Waals surface area (Å²) in [6.07, 6.45) is 1.97. The van der Waals surface area contributed by atoms with Crippen LogP contribution in [0.3, 0.4) is 0 Å². The number of phenolic OH excluding ortho intramolecular Hbond substituents is 1. The van der Waals surface area contributed by atoms with Gasteiger partial charge in [0, 0.05) is 34.5 Å². The summed E-state index contributed by atoms with van der Waals surface area (Å²) in [6.45, 7) is 4.55. The molecule has 0 amide bonds. The lowest BCUT2D eigenvalue weighted by Gasteiger charge is -2.09. The molecular weight excluding hydrogens is 344 g/mol. The number of nitrogens with two attached hydrogens (primary N) is 1. The topological polar surface area (TPSA) is 90.6 Å². The summed E-state index contributed by atoms with van der Waals surface area (Å²) < 4.78 is 12.7. The molecule has 6 nitrogen and oxygen atoms in total. The molecule has 0 unspecified atom stereocenters. The molecule has 3 heterocycles. The van der Waals surface area contributed by atoms with E-state index in [4.69, 9.17) is 14.9 Å². The third-order valence-electron chi connectivity index (χ3n) is 5.31. The molecule has 2 aromatic heterocycles. The van der Waals surface area contributed by atoms with E-state index in [0.717, 1.165) is 47.2 Å². The number of phenols is 1. The Hall–Kier alpha value is -3.15. The number of hydrogen-bond donors (Lipinski definition) is 2. The van der Waals surface area contributed by atoms with Crippen LogP contribution in [0.1, 0.15) is 34.0 Å². The van der Waals surface area contributed by atoms with Crippen LogP contribution in [-0.2, 0) is 17.7 Å². The van der Waals surface area contributed by atoms with Gasteiger partial charge in [0.2, 0.25) is 5.76 Å².